The number of amides is 1. The third-order valence-corrected chi connectivity index (χ3v) is 7.75. The van der Waals surface area contributed by atoms with E-state index in [1.807, 2.05) is 30.3 Å². The van der Waals surface area contributed by atoms with Gasteiger partial charge in [0.25, 0.3) is 0 Å². The topological polar surface area (TPSA) is 144 Å². The molecule has 2 atom stereocenters. The highest BCUT2D eigenvalue weighted by Crippen LogP contribution is 2.29. The van der Waals surface area contributed by atoms with Crippen LogP contribution in [0.2, 0.25) is 5.02 Å². The molecular formula is C34H40ClN3O6. The zero-order valence-corrected chi connectivity index (χ0v) is 25.4. The Hall–Kier alpha value is -4.05. The minimum Gasteiger partial charge on any atom is -0.506 e. The molecule has 0 saturated heterocycles. The summed E-state index contributed by atoms with van der Waals surface area (Å²) in [5, 5.41) is 37.1. The molecule has 234 valence electrons. The van der Waals surface area contributed by atoms with Crippen LogP contribution in [0, 0.1) is 0 Å². The Morgan fingerprint density at radius 3 is 2.34 bits per heavy atom. The molecule has 0 aliphatic heterocycles. The summed E-state index contributed by atoms with van der Waals surface area (Å²) in [5.74, 6) is 0.683. The van der Waals surface area contributed by atoms with E-state index in [0.717, 1.165) is 62.6 Å². The van der Waals surface area contributed by atoms with E-state index < -0.39 is 18.2 Å². The lowest BCUT2D eigenvalue weighted by atomic mass is 9.98. The van der Waals surface area contributed by atoms with Gasteiger partial charge >= 0.3 is 6.09 Å². The molecule has 1 aromatic heterocycles. The van der Waals surface area contributed by atoms with Gasteiger partial charge in [0.2, 0.25) is 5.56 Å². The van der Waals surface area contributed by atoms with Gasteiger partial charge in [-0.15, -0.1) is 0 Å². The molecule has 1 heterocycles. The van der Waals surface area contributed by atoms with Gasteiger partial charge in [0.15, 0.2) is 0 Å². The number of H-pyrrole nitrogens is 1. The maximum Gasteiger partial charge on any atom is 0.405 e. The molecule has 0 spiro atoms. The Kier molecular flexibility index (Phi) is 12.5. The van der Waals surface area contributed by atoms with Crippen LogP contribution in [0.5, 0.6) is 11.5 Å². The fourth-order valence-corrected chi connectivity index (χ4v) is 5.48. The average Bonchev–Trinajstić information content (AvgIpc) is 3.00. The van der Waals surface area contributed by atoms with Crippen LogP contribution in [-0.2, 0) is 0 Å². The maximum absolute atomic E-state index is 11.6. The number of aromatic hydroxyl groups is 1. The molecule has 0 aliphatic carbocycles. The lowest BCUT2D eigenvalue weighted by Gasteiger charge is -2.19. The number of nitrogens with one attached hydrogen (secondary N) is 3. The first kappa shape index (κ1) is 32.9. The number of hydrogen-bond donors (Lipinski definition) is 6. The van der Waals surface area contributed by atoms with Crippen LogP contribution in [-0.4, -0.2) is 46.1 Å². The standard InChI is InChI=1S/C34H40ClN3O6/c35-25-12-8-10-23(20-25)32(38-34(42)43)24-11-9-13-26(21-24)44-19-7-5-3-1-2-4-6-18-36-22-30(40)27-14-16-29(39)33-28(27)15-17-31(41)37-33/h8-17,20-21,30,32,36,38-40H,1-7,18-19,22H2,(H,37,41)(H,42,43)/t30-,32?/m1/s1. The predicted molar refractivity (Wildman–Crippen MR) is 173 cm³/mol. The number of unbranched alkanes of at least 4 members (excludes halogenated alkanes) is 6. The van der Waals surface area contributed by atoms with Crippen LogP contribution in [0.25, 0.3) is 10.9 Å². The van der Waals surface area contributed by atoms with Gasteiger partial charge in [0.05, 0.1) is 24.3 Å². The lowest BCUT2D eigenvalue weighted by Crippen LogP contribution is -2.27. The lowest BCUT2D eigenvalue weighted by molar-refractivity contribution is 0.176. The van der Waals surface area contributed by atoms with Crippen LogP contribution in [0.4, 0.5) is 4.79 Å². The van der Waals surface area contributed by atoms with Crippen LogP contribution < -0.4 is 20.9 Å². The van der Waals surface area contributed by atoms with E-state index in [4.69, 9.17) is 16.3 Å². The van der Waals surface area contributed by atoms with E-state index in [9.17, 15) is 24.9 Å². The third kappa shape index (κ3) is 9.74. The highest BCUT2D eigenvalue weighted by atomic mass is 35.5. The summed E-state index contributed by atoms with van der Waals surface area (Å²) in [4.78, 5) is 25.6. The Balaban J connectivity index is 1.08. The molecule has 44 heavy (non-hydrogen) atoms. The van der Waals surface area contributed by atoms with Crippen molar-refractivity contribution in [2.45, 2.75) is 57.1 Å². The van der Waals surface area contributed by atoms with E-state index in [-0.39, 0.29) is 11.3 Å². The van der Waals surface area contributed by atoms with Crippen molar-refractivity contribution in [3.05, 3.63) is 105 Å². The molecular weight excluding hydrogens is 582 g/mol. The van der Waals surface area contributed by atoms with Crippen LogP contribution in [0.15, 0.2) is 77.6 Å². The van der Waals surface area contributed by atoms with E-state index in [1.54, 1.807) is 30.3 Å². The van der Waals surface area contributed by atoms with Crippen LogP contribution in [0.1, 0.15) is 73.8 Å². The number of aromatic nitrogens is 1. The number of halogens is 1. The summed E-state index contributed by atoms with van der Waals surface area (Å²) >= 11 is 6.13. The van der Waals surface area contributed by atoms with Gasteiger partial charge in [-0.1, -0.05) is 74.0 Å². The predicted octanol–water partition coefficient (Wildman–Crippen LogP) is 6.68. The zero-order valence-electron chi connectivity index (χ0n) is 24.6. The summed E-state index contributed by atoms with van der Waals surface area (Å²) in [6, 6.07) is 20.2. The largest absolute Gasteiger partial charge is 0.506 e. The minimum absolute atomic E-state index is 0.0183. The highest BCUT2D eigenvalue weighted by molar-refractivity contribution is 6.30. The summed E-state index contributed by atoms with van der Waals surface area (Å²) < 4.78 is 5.96. The van der Waals surface area contributed by atoms with Crippen molar-refractivity contribution in [3.8, 4) is 11.5 Å². The number of benzene rings is 3. The first-order chi connectivity index (χ1) is 21.3. The van der Waals surface area contributed by atoms with Crippen molar-refractivity contribution >= 4 is 28.6 Å². The van der Waals surface area contributed by atoms with Crippen molar-refractivity contribution in [2.75, 3.05) is 19.7 Å². The SMILES string of the molecule is O=C(O)NC(c1cccc(Cl)c1)c1cccc(OCCCCCCCCCNC[C@@H](O)c2ccc(O)c3[nH]c(=O)ccc23)c1. The number of fused-ring (bicyclic) bond motifs is 1. The van der Waals surface area contributed by atoms with Crippen molar-refractivity contribution in [1.29, 1.82) is 0 Å². The molecule has 6 N–H and O–H groups in total. The van der Waals surface area contributed by atoms with Gasteiger partial charge in [0.1, 0.15) is 11.5 Å². The smallest absolute Gasteiger partial charge is 0.405 e. The van der Waals surface area contributed by atoms with E-state index >= 15 is 0 Å². The van der Waals surface area contributed by atoms with Gasteiger partial charge < -0.3 is 35.7 Å². The van der Waals surface area contributed by atoms with E-state index in [2.05, 4.69) is 15.6 Å². The number of ether oxygens (including phenoxy) is 1. The molecule has 3 aromatic carbocycles. The first-order valence-corrected chi connectivity index (χ1v) is 15.4. The van der Waals surface area contributed by atoms with Gasteiger partial charge in [0, 0.05) is 23.0 Å². The van der Waals surface area contributed by atoms with Gasteiger partial charge in [-0.05, 0) is 72.5 Å². The monoisotopic (exact) mass is 621 g/mol. The number of rotatable bonds is 17. The molecule has 10 heteroatoms. The quantitative estimate of drug-likeness (QED) is 0.0722. The highest BCUT2D eigenvalue weighted by Gasteiger charge is 2.18. The van der Waals surface area contributed by atoms with E-state index in [1.165, 1.54) is 12.1 Å². The second-order valence-corrected chi connectivity index (χ2v) is 11.3. The Bertz CT molecular complexity index is 1580. The minimum atomic E-state index is -1.11. The first-order valence-electron chi connectivity index (χ1n) is 15.0. The Morgan fingerprint density at radius 2 is 1.59 bits per heavy atom. The number of pyridine rings is 1. The summed E-state index contributed by atoms with van der Waals surface area (Å²) in [7, 11) is 0. The van der Waals surface area contributed by atoms with Gasteiger partial charge in [-0.25, -0.2) is 4.79 Å². The fourth-order valence-electron chi connectivity index (χ4n) is 5.28. The summed E-state index contributed by atoms with van der Waals surface area (Å²) in [6.45, 7) is 1.78. The molecule has 0 saturated carbocycles. The van der Waals surface area contributed by atoms with Crippen molar-refractivity contribution in [3.63, 3.8) is 0 Å². The van der Waals surface area contributed by atoms with Crippen LogP contribution in [0.3, 0.4) is 0 Å². The molecule has 0 radical (unpaired) electrons. The Morgan fingerprint density at radius 1 is 0.886 bits per heavy atom. The molecule has 1 amide bonds. The zero-order chi connectivity index (χ0) is 31.3. The number of hydrogen-bond acceptors (Lipinski definition) is 6. The third-order valence-electron chi connectivity index (χ3n) is 7.51. The molecule has 0 bridgehead atoms. The van der Waals surface area contributed by atoms with Gasteiger partial charge in [-0.3, -0.25) is 4.79 Å². The summed E-state index contributed by atoms with van der Waals surface area (Å²) in [6.07, 6.45) is 5.69. The van der Waals surface area contributed by atoms with Crippen molar-refractivity contribution in [2.24, 2.45) is 0 Å². The normalized spacial score (nSPS) is 12.6. The number of aromatic amines is 1. The van der Waals surface area contributed by atoms with E-state index in [0.29, 0.717) is 40.4 Å². The number of aliphatic hydroxyl groups is 1. The number of phenols is 1. The molecule has 0 fully saturated rings. The number of aliphatic hydroxyl groups excluding tert-OH is 1. The number of phenolic OH excluding ortho intramolecular Hbond substituents is 1. The molecule has 9 nitrogen and oxygen atoms in total. The fraction of sp³-hybridized carbons (Fsp3) is 0.353. The van der Waals surface area contributed by atoms with Crippen LogP contribution >= 0.6 is 11.6 Å². The van der Waals surface area contributed by atoms with Gasteiger partial charge in [-0.2, -0.15) is 0 Å². The molecule has 1 unspecified atom stereocenters. The average molecular weight is 622 g/mol. The molecule has 4 aromatic rings. The second kappa shape index (κ2) is 16.7. The maximum atomic E-state index is 11.6. The number of carbonyl (C=O) groups is 1. The summed E-state index contributed by atoms with van der Waals surface area (Å²) in [5.41, 5.74) is 2.24. The molecule has 4 rings (SSSR count). The number of carboxylic acid groups (broad SMARTS) is 1. The molecule has 0 aliphatic rings. The Labute approximate surface area is 261 Å². The second-order valence-electron chi connectivity index (χ2n) is 10.8. The van der Waals surface area contributed by atoms with Crippen molar-refractivity contribution in [1.82, 2.24) is 15.6 Å². The van der Waals surface area contributed by atoms with Crippen molar-refractivity contribution < 1.29 is 24.9 Å².